The maximum atomic E-state index is 12.6. The van der Waals surface area contributed by atoms with Gasteiger partial charge in [0, 0.05) is 53.4 Å². The summed E-state index contributed by atoms with van der Waals surface area (Å²) in [6, 6.07) is 19.0. The quantitative estimate of drug-likeness (QED) is 0.144. The summed E-state index contributed by atoms with van der Waals surface area (Å²) < 4.78 is 79.6. The molecule has 0 N–H and O–H groups in total. The summed E-state index contributed by atoms with van der Waals surface area (Å²) in [5.41, 5.74) is 1.73. The Morgan fingerprint density at radius 2 is 0.818 bits per heavy atom. The summed E-state index contributed by atoms with van der Waals surface area (Å²) in [6.45, 7) is 11.7. The normalized spacial score (nSPS) is 32.0. The van der Waals surface area contributed by atoms with Gasteiger partial charge in [-0.2, -0.15) is 0 Å². The minimum Gasteiger partial charge on any atom is -0.463 e. The average Bonchev–Trinajstić information content (AvgIpc) is 3.25. The number of ether oxygens (including phenoxy) is 13. The predicted octanol–water partition coefficient (Wildman–Crippen LogP) is 3.92. The fourth-order valence-electron chi connectivity index (χ4n) is 8.19. The number of hydrogen-bond acceptors (Lipinski definition) is 19. The third-order valence-electron chi connectivity index (χ3n) is 11.2. The first kappa shape index (κ1) is 52.0. The van der Waals surface area contributed by atoms with E-state index in [-0.39, 0.29) is 33.0 Å². The molecule has 3 aliphatic heterocycles. The van der Waals surface area contributed by atoms with E-state index in [2.05, 4.69) is 0 Å². The minimum atomic E-state index is -1.25. The molecule has 0 amide bonds. The van der Waals surface area contributed by atoms with Crippen molar-refractivity contribution in [1.29, 1.82) is 0 Å². The molecule has 0 saturated carbocycles. The molecule has 5 rings (SSSR count). The molecule has 2 aromatic carbocycles. The van der Waals surface area contributed by atoms with Crippen LogP contribution in [0.2, 0.25) is 0 Å². The number of benzene rings is 2. The summed E-state index contributed by atoms with van der Waals surface area (Å²) >= 11 is 0. The number of carbonyl (C=O) groups excluding carboxylic acids is 6. The molecule has 3 heterocycles. The molecule has 3 saturated heterocycles. The Labute approximate surface area is 384 Å². The Kier molecular flexibility index (Phi) is 19.4. The number of hydrogen-bond donors (Lipinski definition) is 0. The number of esters is 6. The summed E-state index contributed by atoms with van der Waals surface area (Å²) in [5, 5.41) is 0. The Bertz CT molecular complexity index is 1910. The lowest BCUT2D eigenvalue weighted by atomic mass is 9.90. The molecule has 0 bridgehead atoms. The first-order valence-electron chi connectivity index (χ1n) is 21.9. The molecule has 0 aliphatic carbocycles. The van der Waals surface area contributed by atoms with Crippen molar-refractivity contribution in [3.8, 4) is 0 Å². The van der Waals surface area contributed by atoms with Gasteiger partial charge in [0.05, 0.1) is 25.9 Å². The Morgan fingerprint density at radius 3 is 1.26 bits per heavy atom. The third kappa shape index (κ3) is 14.7. The van der Waals surface area contributed by atoms with Crippen LogP contribution in [-0.2, 0) is 104 Å². The van der Waals surface area contributed by atoms with E-state index < -0.39 is 127 Å². The standard InChI is InChI=1S/C47H62O19/c1-25-39(60-30(6)50)42(62-32(8)52)37(22-54-28(4)48)64-46(25)58-24-36-44(66-47-26(2)40(61-31(7)51)43(63-33(9)53)38(65-47)23-55-29(5)49)45(57-21-35-18-14-11-15-19-35)41(27(3)59-36)56-20-34-16-12-10-13-17-34/h10-19,25-27,36-47H,20-24H2,1-9H3/t25?,26?,27-,36?,37?,38?,39+,40+,41?,42-,43-,44-,45-,46+,47-/m0/s1. The first-order chi connectivity index (χ1) is 31.4. The zero-order valence-electron chi connectivity index (χ0n) is 38.7. The Morgan fingerprint density at radius 1 is 0.424 bits per heavy atom. The summed E-state index contributed by atoms with van der Waals surface area (Å²) in [4.78, 5) is 73.6. The van der Waals surface area contributed by atoms with Crippen molar-refractivity contribution in [2.24, 2.45) is 11.8 Å². The zero-order chi connectivity index (χ0) is 48.1. The molecule has 66 heavy (non-hydrogen) atoms. The van der Waals surface area contributed by atoms with Crippen LogP contribution in [0.1, 0.15) is 73.4 Å². The highest BCUT2D eigenvalue weighted by Crippen LogP contribution is 2.38. The van der Waals surface area contributed by atoms with Crippen LogP contribution in [-0.4, -0.2) is 135 Å². The van der Waals surface area contributed by atoms with Crippen molar-refractivity contribution in [2.75, 3.05) is 19.8 Å². The van der Waals surface area contributed by atoms with E-state index in [1.165, 1.54) is 41.5 Å². The van der Waals surface area contributed by atoms with Gasteiger partial charge in [-0.1, -0.05) is 74.5 Å². The maximum absolute atomic E-state index is 12.6. The van der Waals surface area contributed by atoms with Gasteiger partial charge >= 0.3 is 35.8 Å². The van der Waals surface area contributed by atoms with Gasteiger partial charge in [0.25, 0.3) is 0 Å². The van der Waals surface area contributed by atoms with E-state index >= 15 is 0 Å². The highest BCUT2D eigenvalue weighted by molar-refractivity contribution is 5.68. The third-order valence-corrected chi connectivity index (χ3v) is 11.2. The van der Waals surface area contributed by atoms with Crippen LogP contribution in [0, 0.1) is 11.8 Å². The molecule has 3 fully saturated rings. The van der Waals surface area contributed by atoms with E-state index in [9.17, 15) is 28.8 Å². The zero-order valence-corrected chi connectivity index (χ0v) is 38.7. The van der Waals surface area contributed by atoms with Crippen LogP contribution >= 0.6 is 0 Å². The van der Waals surface area contributed by atoms with Gasteiger partial charge in [0.2, 0.25) is 0 Å². The van der Waals surface area contributed by atoms with E-state index in [4.69, 9.17) is 61.6 Å². The van der Waals surface area contributed by atoms with Gasteiger partial charge in [0.15, 0.2) is 24.8 Å². The van der Waals surface area contributed by atoms with Crippen molar-refractivity contribution >= 4 is 35.8 Å². The van der Waals surface area contributed by atoms with E-state index in [1.54, 1.807) is 13.8 Å². The molecule has 0 spiro atoms. The van der Waals surface area contributed by atoms with Gasteiger partial charge < -0.3 is 61.6 Å². The van der Waals surface area contributed by atoms with Gasteiger partial charge in [-0.15, -0.1) is 0 Å². The van der Waals surface area contributed by atoms with Gasteiger partial charge in [-0.3, -0.25) is 28.8 Å². The van der Waals surface area contributed by atoms with Crippen LogP contribution in [0.4, 0.5) is 0 Å². The van der Waals surface area contributed by atoms with E-state index in [1.807, 2.05) is 67.6 Å². The predicted molar refractivity (Wildman–Crippen MR) is 226 cm³/mol. The second-order valence-corrected chi connectivity index (χ2v) is 16.5. The van der Waals surface area contributed by atoms with Crippen LogP contribution in [0.25, 0.3) is 0 Å². The molecular weight excluding hydrogens is 868 g/mol. The smallest absolute Gasteiger partial charge is 0.303 e. The molecule has 6 unspecified atom stereocenters. The second kappa shape index (κ2) is 24.7. The van der Waals surface area contributed by atoms with Crippen LogP contribution in [0.5, 0.6) is 0 Å². The Balaban J connectivity index is 1.54. The van der Waals surface area contributed by atoms with Gasteiger partial charge in [-0.25, -0.2) is 0 Å². The van der Waals surface area contributed by atoms with E-state index in [0.717, 1.165) is 11.1 Å². The topological polar surface area (TPSA) is 222 Å². The molecule has 19 heteroatoms. The molecule has 2 aromatic rings. The first-order valence-corrected chi connectivity index (χ1v) is 21.9. The van der Waals surface area contributed by atoms with Crippen LogP contribution < -0.4 is 0 Å². The van der Waals surface area contributed by atoms with Crippen LogP contribution in [0.3, 0.4) is 0 Å². The molecule has 19 nitrogen and oxygen atoms in total. The lowest BCUT2D eigenvalue weighted by molar-refractivity contribution is -0.346. The molecular formula is C47H62O19. The van der Waals surface area contributed by atoms with Crippen molar-refractivity contribution in [1.82, 2.24) is 0 Å². The SMILES string of the molecule is CC(=O)OCC1O[C@@H](OCC2O[C@@H](C)C(OCc3ccccc3)[C@H](OCc3ccccc3)[C@H]2O[C@@H]2OC(COC(C)=O)[C@H](OC(C)=O)[C@H](OC(C)=O)C2C)C(C)[C@@H](OC(C)=O)[C@H]1OC(C)=O. The Hall–Kier alpha value is -5.02. The summed E-state index contributed by atoms with van der Waals surface area (Å²) in [6.07, 6.45) is -13.7. The van der Waals surface area contributed by atoms with Crippen molar-refractivity contribution in [3.63, 3.8) is 0 Å². The summed E-state index contributed by atoms with van der Waals surface area (Å²) in [7, 11) is 0. The van der Waals surface area contributed by atoms with E-state index in [0.29, 0.717) is 0 Å². The molecule has 0 radical (unpaired) electrons. The molecule has 15 atom stereocenters. The highest BCUT2D eigenvalue weighted by Gasteiger charge is 2.54. The lowest BCUT2D eigenvalue weighted by Crippen LogP contribution is -2.64. The summed E-state index contributed by atoms with van der Waals surface area (Å²) in [5.74, 6) is -5.55. The fourth-order valence-corrected chi connectivity index (χ4v) is 8.19. The fraction of sp³-hybridized carbons (Fsp3) is 0.617. The molecule has 0 aromatic heterocycles. The largest absolute Gasteiger partial charge is 0.463 e. The molecule has 3 aliphatic rings. The lowest BCUT2D eigenvalue weighted by Gasteiger charge is -2.49. The molecule has 364 valence electrons. The van der Waals surface area contributed by atoms with Crippen molar-refractivity contribution in [3.05, 3.63) is 71.8 Å². The van der Waals surface area contributed by atoms with Gasteiger partial charge in [-0.05, 0) is 18.1 Å². The van der Waals surface area contributed by atoms with Gasteiger partial charge in [0.1, 0.15) is 62.0 Å². The monoisotopic (exact) mass is 930 g/mol. The van der Waals surface area contributed by atoms with Crippen molar-refractivity contribution < 1.29 is 90.3 Å². The number of rotatable bonds is 19. The second-order valence-electron chi connectivity index (χ2n) is 16.5. The van der Waals surface area contributed by atoms with Crippen molar-refractivity contribution in [2.45, 2.75) is 155 Å². The average molecular weight is 931 g/mol. The van der Waals surface area contributed by atoms with Crippen LogP contribution in [0.15, 0.2) is 60.7 Å². The number of carbonyl (C=O) groups is 6. The minimum absolute atomic E-state index is 0.111. The highest BCUT2D eigenvalue weighted by atomic mass is 16.7. The maximum Gasteiger partial charge on any atom is 0.303 e.